The number of carbonyl (C=O) groups is 1. The van der Waals surface area contributed by atoms with Crippen molar-refractivity contribution < 1.29 is 19.0 Å². The molecular weight excluding hydrogens is 356 g/mol. The topological polar surface area (TPSA) is 82.8 Å². The number of hydrogen-bond donors (Lipinski definition) is 2. The quantitative estimate of drug-likeness (QED) is 0.439. The van der Waals surface area contributed by atoms with Crippen molar-refractivity contribution in [1.82, 2.24) is 5.43 Å². The number of hydrazine groups is 1. The molecule has 26 heavy (non-hydrogen) atoms. The monoisotopic (exact) mass is 378 g/mol. The highest BCUT2D eigenvalue weighted by atomic mass is 35.5. The van der Waals surface area contributed by atoms with Gasteiger partial charge in [0.1, 0.15) is 5.75 Å². The second-order valence-corrected chi connectivity index (χ2v) is 6.09. The third-order valence-electron chi connectivity index (χ3n) is 4.73. The first-order chi connectivity index (χ1) is 12.1. The summed E-state index contributed by atoms with van der Waals surface area (Å²) in [5.74, 6) is 6.85. The van der Waals surface area contributed by atoms with Crippen molar-refractivity contribution in [2.45, 2.75) is 11.8 Å². The van der Waals surface area contributed by atoms with Crippen LogP contribution in [0.5, 0.6) is 17.2 Å². The molecule has 2 atom stereocenters. The SMILES string of the molecule is COc1ccc(OCC2(c3ccccc3)CC2C(=O)NN)cc1OC.Cl. The second-order valence-electron chi connectivity index (χ2n) is 6.09. The maximum atomic E-state index is 12.0. The number of ether oxygens (including phenoxy) is 3. The fraction of sp³-hybridized carbons (Fsp3) is 0.316. The van der Waals surface area contributed by atoms with Crippen molar-refractivity contribution in [2.24, 2.45) is 11.8 Å². The number of amides is 1. The molecule has 0 spiro atoms. The van der Waals surface area contributed by atoms with E-state index in [9.17, 15) is 4.79 Å². The Bertz CT molecular complexity index is 756. The third kappa shape index (κ3) is 3.71. The molecule has 1 amide bonds. The van der Waals surface area contributed by atoms with E-state index < -0.39 is 0 Å². The summed E-state index contributed by atoms with van der Waals surface area (Å²) >= 11 is 0. The van der Waals surface area contributed by atoms with E-state index in [1.165, 1.54) is 0 Å². The molecule has 7 heteroatoms. The summed E-state index contributed by atoms with van der Waals surface area (Å²) in [5, 5.41) is 0. The summed E-state index contributed by atoms with van der Waals surface area (Å²) in [6.07, 6.45) is 0.702. The summed E-state index contributed by atoms with van der Waals surface area (Å²) in [7, 11) is 3.17. The number of halogens is 1. The maximum Gasteiger partial charge on any atom is 0.238 e. The fourth-order valence-corrected chi connectivity index (χ4v) is 3.20. The smallest absolute Gasteiger partial charge is 0.238 e. The predicted molar refractivity (Wildman–Crippen MR) is 101 cm³/mol. The van der Waals surface area contributed by atoms with Crippen LogP contribution in [0.2, 0.25) is 0 Å². The first-order valence-electron chi connectivity index (χ1n) is 8.05. The third-order valence-corrected chi connectivity index (χ3v) is 4.73. The van der Waals surface area contributed by atoms with Crippen LogP contribution < -0.4 is 25.5 Å². The molecule has 0 aliphatic heterocycles. The van der Waals surface area contributed by atoms with Gasteiger partial charge in [0, 0.05) is 11.5 Å². The predicted octanol–water partition coefficient (Wildman–Crippen LogP) is 2.45. The molecule has 3 rings (SSSR count). The van der Waals surface area contributed by atoms with Crippen LogP contribution in [0.1, 0.15) is 12.0 Å². The number of nitrogens with one attached hydrogen (secondary N) is 1. The minimum Gasteiger partial charge on any atom is -0.493 e. The molecule has 0 heterocycles. The molecule has 1 saturated carbocycles. The van der Waals surface area contributed by atoms with Crippen LogP contribution in [-0.2, 0) is 10.2 Å². The van der Waals surface area contributed by atoms with Gasteiger partial charge in [-0.1, -0.05) is 30.3 Å². The van der Waals surface area contributed by atoms with Gasteiger partial charge < -0.3 is 14.2 Å². The second kappa shape index (κ2) is 8.29. The van der Waals surface area contributed by atoms with Crippen LogP contribution in [0.25, 0.3) is 0 Å². The van der Waals surface area contributed by atoms with Crippen molar-refractivity contribution >= 4 is 18.3 Å². The Morgan fingerprint density at radius 1 is 1.15 bits per heavy atom. The first kappa shape index (κ1) is 19.9. The van der Waals surface area contributed by atoms with Gasteiger partial charge in [0.15, 0.2) is 11.5 Å². The molecule has 1 aliphatic carbocycles. The van der Waals surface area contributed by atoms with Crippen LogP contribution in [0.3, 0.4) is 0 Å². The summed E-state index contributed by atoms with van der Waals surface area (Å²) in [6, 6.07) is 15.3. The average Bonchev–Trinajstić information content (AvgIpc) is 3.42. The molecule has 140 valence electrons. The van der Waals surface area contributed by atoms with E-state index in [-0.39, 0.29) is 29.6 Å². The largest absolute Gasteiger partial charge is 0.493 e. The van der Waals surface area contributed by atoms with E-state index in [4.69, 9.17) is 20.1 Å². The molecule has 2 unspecified atom stereocenters. The van der Waals surface area contributed by atoms with Crippen molar-refractivity contribution in [2.75, 3.05) is 20.8 Å². The molecule has 1 aliphatic rings. The van der Waals surface area contributed by atoms with Crippen LogP contribution in [-0.4, -0.2) is 26.7 Å². The van der Waals surface area contributed by atoms with Gasteiger partial charge in [-0.2, -0.15) is 0 Å². The van der Waals surface area contributed by atoms with Crippen LogP contribution in [0.4, 0.5) is 0 Å². The van der Waals surface area contributed by atoms with Crippen LogP contribution >= 0.6 is 12.4 Å². The molecule has 2 aromatic rings. The van der Waals surface area contributed by atoms with E-state index in [0.717, 1.165) is 5.56 Å². The standard InChI is InChI=1S/C19H22N2O4.ClH/c1-23-16-9-8-14(10-17(16)24-2)25-12-19(11-15(19)18(22)21-20)13-6-4-3-5-7-13;/h3-10,15H,11-12,20H2,1-2H3,(H,21,22);1H. The Morgan fingerprint density at radius 2 is 1.85 bits per heavy atom. The van der Waals surface area contributed by atoms with E-state index in [2.05, 4.69) is 5.43 Å². The van der Waals surface area contributed by atoms with Crippen molar-refractivity contribution in [1.29, 1.82) is 0 Å². The normalized spacial score (nSPS) is 20.5. The highest BCUT2D eigenvalue weighted by Gasteiger charge is 2.59. The minimum absolute atomic E-state index is 0. The molecule has 3 N–H and O–H groups in total. The fourth-order valence-electron chi connectivity index (χ4n) is 3.20. The number of carbonyl (C=O) groups excluding carboxylic acids is 1. The van der Waals surface area contributed by atoms with E-state index in [1.54, 1.807) is 26.4 Å². The number of rotatable bonds is 7. The number of hydrogen-bond acceptors (Lipinski definition) is 5. The molecule has 1 fully saturated rings. The first-order valence-corrected chi connectivity index (χ1v) is 8.05. The molecule has 2 aromatic carbocycles. The van der Waals surface area contributed by atoms with Gasteiger partial charge in [-0.3, -0.25) is 10.2 Å². The lowest BCUT2D eigenvalue weighted by Gasteiger charge is -2.19. The zero-order chi connectivity index (χ0) is 17.9. The van der Waals surface area contributed by atoms with Crippen LogP contribution in [0.15, 0.2) is 48.5 Å². The van der Waals surface area contributed by atoms with E-state index in [1.807, 2.05) is 36.4 Å². The molecule has 0 saturated heterocycles. The maximum absolute atomic E-state index is 12.0. The van der Waals surface area contributed by atoms with Gasteiger partial charge in [-0.15, -0.1) is 12.4 Å². The molecule has 0 aromatic heterocycles. The highest BCUT2D eigenvalue weighted by molar-refractivity contribution is 5.85. The molecule has 0 radical (unpaired) electrons. The number of benzene rings is 2. The highest BCUT2D eigenvalue weighted by Crippen LogP contribution is 2.54. The Balaban J connectivity index is 0.00000243. The Morgan fingerprint density at radius 3 is 2.46 bits per heavy atom. The molecular formula is C19H23ClN2O4. The Kier molecular flexibility index (Phi) is 6.34. The lowest BCUT2D eigenvalue weighted by molar-refractivity contribution is -0.122. The van der Waals surface area contributed by atoms with Crippen molar-refractivity contribution in [3.05, 3.63) is 54.1 Å². The van der Waals surface area contributed by atoms with Gasteiger partial charge in [-0.25, -0.2) is 5.84 Å². The minimum atomic E-state index is -0.363. The number of nitrogens with two attached hydrogens (primary N) is 1. The van der Waals surface area contributed by atoms with Crippen LogP contribution in [0, 0.1) is 5.92 Å². The zero-order valence-corrected chi connectivity index (χ0v) is 15.5. The van der Waals surface area contributed by atoms with Gasteiger partial charge in [0.05, 0.1) is 26.7 Å². The molecule has 6 nitrogen and oxygen atoms in total. The van der Waals surface area contributed by atoms with E-state index in [0.29, 0.717) is 30.3 Å². The summed E-state index contributed by atoms with van der Waals surface area (Å²) in [6.45, 7) is 0.380. The van der Waals surface area contributed by atoms with Gasteiger partial charge >= 0.3 is 0 Å². The number of methoxy groups -OCH3 is 2. The lowest BCUT2D eigenvalue weighted by atomic mass is 9.94. The van der Waals surface area contributed by atoms with Crippen molar-refractivity contribution in [3.63, 3.8) is 0 Å². The lowest BCUT2D eigenvalue weighted by Crippen LogP contribution is -2.35. The Hall–Kier alpha value is -2.44. The van der Waals surface area contributed by atoms with Gasteiger partial charge in [0.2, 0.25) is 5.91 Å². The summed E-state index contributed by atoms with van der Waals surface area (Å²) in [5.41, 5.74) is 2.96. The average molecular weight is 379 g/mol. The Labute approximate surface area is 159 Å². The van der Waals surface area contributed by atoms with E-state index >= 15 is 0 Å². The summed E-state index contributed by atoms with van der Waals surface area (Å²) < 4.78 is 16.5. The van der Waals surface area contributed by atoms with Gasteiger partial charge in [-0.05, 0) is 24.1 Å². The zero-order valence-electron chi connectivity index (χ0n) is 14.7. The van der Waals surface area contributed by atoms with Crippen molar-refractivity contribution in [3.8, 4) is 17.2 Å². The van der Waals surface area contributed by atoms with Gasteiger partial charge in [0.25, 0.3) is 0 Å². The molecule has 0 bridgehead atoms. The summed E-state index contributed by atoms with van der Waals surface area (Å²) in [4.78, 5) is 12.0.